The Balaban J connectivity index is 1.89. The van der Waals surface area contributed by atoms with Crippen molar-refractivity contribution in [3.63, 3.8) is 0 Å². The Morgan fingerprint density at radius 2 is 1.50 bits per heavy atom. The molecule has 0 aliphatic heterocycles. The van der Waals surface area contributed by atoms with E-state index in [1.54, 1.807) is 55.6 Å². The highest BCUT2D eigenvalue weighted by molar-refractivity contribution is 5.98. The Morgan fingerprint density at radius 3 is 2.12 bits per heavy atom. The quantitative estimate of drug-likeness (QED) is 0.410. The lowest BCUT2D eigenvalue weighted by molar-refractivity contribution is -0.124. The van der Waals surface area contributed by atoms with E-state index in [0.29, 0.717) is 35.9 Å². The van der Waals surface area contributed by atoms with Gasteiger partial charge in [0.1, 0.15) is 11.5 Å². The monoisotopic (exact) mass is 469 g/mol. The van der Waals surface area contributed by atoms with Crippen LogP contribution >= 0.6 is 0 Å². The Morgan fingerprint density at radius 1 is 0.853 bits per heavy atom. The third kappa shape index (κ3) is 9.13. The van der Waals surface area contributed by atoms with Crippen molar-refractivity contribution in [2.45, 2.75) is 39.5 Å². The molecule has 8 nitrogen and oxygen atoms in total. The molecule has 0 bridgehead atoms. The summed E-state index contributed by atoms with van der Waals surface area (Å²) in [5, 5.41) is 5.29. The average Bonchev–Trinajstić information content (AvgIpc) is 2.86. The molecule has 0 saturated heterocycles. The van der Waals surface area contributed by atoms with Gasteiger partial charge in [0.25, 0.3) is 5.91 Å². The van der Waals surface area contributed by atoms with Crippen molar-refractivity contribution >= 4 is 23.4 Å². The number of hydrogen-bond donors (Lipinski definition) is 2. The highest BCUT2D eigenvalue weighted by Crippen LogP contribution is 2.16. The predicted molar refractivity (Wildman–Crippen MR) is 132 cm³/mol. The van der Waals surface area contributed by atoms with Crippen molar-refractivity contribution < 1.29 is 23.9 Å². The second-order valence-corrected chi connectivity index (χ2v) is 7.86. The largest absolute Gasteiger partial charge is 0.497 e. The number of anilines is 1. The van der Waals surface area contributed by atoms with Crippen molar-refractivity contribution in [3.8, 4) is 11.5 Å². The van der Waals surface area contributed by atoms with Gasteiger partial charge in [-0.25, -0.2) is 0 Å². The molecule has 34 heavy (non-hydrogen) atoms. The first-order chi connectivity index (χ1) is 16.5. The summed E-state index contributed by atoms with van der Waals surface area (Å²) in [4.78, 5) is 39.1. The predicted octanol–water partition coefficient (Wildman–Crippen LogP) is 3.87. The number of amides is 3. The number of benzene rings is 2. The number of carbonyl (C=O) groups is 3. The molecular formula is C26H35N3O5. The molecule has 0 fully saturated rings. The molecule has 2 aromatic rings. The summed E-state index contributed by atoms with van der Waals surface area (Å²) < 4.78 is 10.7. The first-order valence-electron chi connectivity index (χ1n) is 11.7. The van der Waals surface area contributed by atoms with Crippen LogP contribution in [-0.2, 0) is 9.59 Å². The van der Waals surface area contributed by atoms with Gasteiger partial charge in [0.2, 0.25) is 11.8 Å². The van der Waals surface area contributed by atoms with E-state index in [1.807, 2.05) is 6.92 Å². The van der Waals surface area contributed by atoms with Crippen molar-refractivity contribution in [2.24, 2.45) is 0 Å². The number of carbonyl (C=O) groups excluding carboxylic acids is 3. The van der Waals surface area contributed by atoms with Crippen LogP contribution in [0.3, 0.4) is 0 Å². The van der Waals surface area contributed by atoms with Crippen molar-refractivity contribution in [2.75, 3.05) is 38.7 Å². The van der Waals surface area contributed by atoms with Crippen LogP contribution in [0.15, 0.2) is 48.5 Å². The third-order valence-corrected chi connectivity index (χ3v) is 5.09. The summed E-state index contributed by atoms with van der Waals surface area (Å²) in [6, 6.07) is 13.8. The summed E-state index contributed by atoms with van der Waals surface area (Å²) in [6.07, 6.45) is 3.68. The fourth-order valence-electron chi connectivity index (χ4n) is 3.10. The Labute approximate surface area is 201 Å². The standard InChI is InChI=1S/C26H35N3O5/c1-4-6-16-29(26(32)20-8-12-23(13-9-20)34-17-7-5-2)19-25(31)27-18-24(30)28-21-10-14-22(33-3)15-11-21/h8-15H,4-7,16-19H2,1-3H3,(H,27,31)(H,28,30). The molecule has 0 radical (unpaired) electrons. The summed E-state index contributed by atoms with van der Waals surface area (Å²) in [6.45, 7) is 4.90. The molecule has 3 amide bonds. The lowest BCUT2D eigenvalue weighted by Gasteiger charge is -2.22. The fraction of sp³-hybridized carbons (Fsp3) is 0.423. The number of rotatable bonds is 14. The molecule has 0 aromatic heterocycles. The lowest BCUT2D eigenvalue weighted by Crippen LogP contribution is -2.43. The number of methoxy groups -OCH3 is 1. The summed E-state index contributed by atoms with van der Waals surface area (Å²) in [5.74, 6) is 0.413. The van der Waals surface area contributed by atoms with Crippen molar-refractivity contribution in [1.82, 2.24) is 10.2 Å². The normalized spacial score (nSPS) is 10.3. The first-order valence-corrected chi connectivity index (χ1v) is 11.7. The summed E-state index contributed by atoms with van der Waals surface area (Å²) in [7, 11) is 1.57. The molecule has 0 aliphatic carbocycles. The molecular weight excluding hydrogens is 434 g/mol. The van der Waals surface area contributed by atoms with Gasteiger partial charge in [-0.3, -0.25) is 14.4 Å². The van der Waals surface area contributed by atoms with E-state index in [-0.39, 0.29) is 24.9 Å². The van der Waals surface area contributed by atoms with Crippen LogP contribution in [0, 0.1) is 0 Å². The topological polar surface area (TPSA) is 97.0 Å². The zero-order valence-corrected chi connectivity index (χ0v) is 20.3. The average molecular weight is 470 g/mol. The maximum Gasteiger partial charge on any atom is 0.254 e. The van der Waals surface area contributed by atoms with E-state index in [9.17, 15) is 14.4 Å². The van der Waals surface area contributed by atoms with Gasteiger partial charge < -0.3 is 25.0 Å². The Bertz CT molecular complexity index is 913. The minimum absolute atomic E-state index is 0.122. The molecule has 0 atom stereocenters. The first kappa shape index (κ1) is 26.7. The summed E-state index contributed by atoms with van der Waals surface area (Å²) >= 11 is 0. The molecule has 2 aromatic carbocycles. The van der Waals surface area contributed by atoms with Crippen LogP contribution in [0.5, 0.6) is 11.5 Å². The molecule has 184 valence electrons. The molecule has 2 N–H and O–H groups in total. The van der Waals surface area contributed by atoms with Crippen LogP contribution in [0.1, 0.15) is 49.9 Å². The van der Waals surface area contributed by atoms with Gasteiger partial charge in [0.05, 0.1) is 26.8 Å². The van der Waals surface area contributed by atoms with Gasteiger partial charge >= 0.3 is 0 Å². The van der Waals surface area contributed by atoms with Gasteiger partial charge in [-0.05, 0) is 61.4 Å². The zero-order valence-electron chi connectivity index (χ0n) is 20.3. The van der Waals surface area contributed by atoms with Crippen LogP contribution in [0.25, 0.3) is 0 Å². The van der Waals surface area contributed by atoms with E-state index in [1.165, 1.54) is 4.90 Å². The van der Waals surface area contributed by atoms with E-state index < -0.39 is 5.91 Å². The van der Waals surface area contributed by atoms with Crippen LogP contribution in [0.2, 0.25) is 0 Å². The minimum atomic E-state index is -0.395. The second-order valence-electron chi connectivity index (χ2n) is 7.86. The molecule has 8 heteroatoms. The maximum atomic E-state index is 13.0. The van der Waals surface area contributed by atoms with Gasteiger partial charge in [0.15, 0.2) is 0 Å². The van der Waals surface area contributed by atoms with E-state index in [4.69, 9.17) is 9.47 Å². The molecule has 0 heterocycles. The SMILES string of the molecule is CCCCOc1ccc(C(=O)N(CCCC)CC(=O)NCC(=O)Nc2ccc(OC)cc2)cc1. The van der Waals surface area contributed by atoms with Gasteiger partial charge in [-0.15, -0.1) is 0 Å². The van der Waals surface area contributed by atoms with Gasteiger partial charge in [-0.1, -0.05) is 26.7 Å². The minimum Gasteiger partial charge on any atom is -0.497 e. The molecule has 2 rings (SSSR count). The molecule has 0 spiro atoms. The smallest absolute Gasteiger partial charge is 0.254 e. The third-order valence-electron chi connectivity index (χ3n) is 5.09. The molecule has 0 aliphatic rings. The summed E-state index contributed by atoms with van der Waals surface area (Å²) in [5.41, 5.74) is 1.09. The maximum absolute atomic E-state index is 13.0. The number of nitrogens with one attached hydrogen (secondary N) is 2. The van der Waals surface area contributed by atoms with Gasteiger partial charge in [-0.2, -0.15) is 0 Å². The second kappa shape index (κ2) is 14.6. The number of hydrogen-bond acceptors (Lipinski definition) is 5. The lowest BCUT2D eigenvalue weighted by atomic mass is 10.1. The number of ether oxygens (including phenoxy) is 2. The van der Waals surface area contributed by atoms with Crippen molar-refractivity contribution in [1.29, 1.82) is 0 Å². The highest BCUT2D eigenvalue weighted by atomic mass is 16.5. The van der Waals surface area contributed by atoms with Crippen LogP contribution in [-0.4, -0.2) is 56.0 Å². The fourth-order valence-corrected chi connectivity index (χ4v) is 3.10. The van der Waals surface area contributed by atoms with Gasteiger partial charge in [0, 0.05) is 17.8 Å². The number of nitrogens with zero attached hydrogens (tertiary/aromatic N) is 1. The number of unbranched alkanes of at least 4 members (excludes halogenated alkanes) is 2. The van der Waals surface area contributed by atoms with Crippen LogP contribution in [0.4, 0.5) is 5.69 Å². The van der Waals surface area contributed by atoms with E-state index in [0.717, 1.165) is 25.7 Å². The highest BCUT2D eigenvalue weighted by Gasteiger charge is 2.19. The Hall–Kier alpha value is -3.55. The molecule has 0 saturated carbocycles. The zero-order chi connectivity index (χ0) is 24.8. The van der Waals surface area contributed by atoms with E-state index in [2.05, 4.69) is 17.6 Å². The Kier molecular flexibility index (Phi) is 11.4. The van der Waals surface area contributed by atoms with Crippen LogP contribution < -0.4 is 20.1 Å². The molecule has 0 unspecified atom stereocenters. The van der Waals surface area contributed by atoms with Crippen molar-refractivity contribution in [3.05, 3.63) is 54.1 Å². The van der Waals surface area contributed by atoms with E-state index >= 15 is 0 Å².